The zero-order valence-corrected chi connectivity index (χ0v) is 10.1. The SMILES string of the molecule is CC(C)OOc1cccc(OOC(C)C)c1. The van der Waals surface area contributed by atoms with Gasteiger partial charge in [0.05, 0.1) is 12.2 Å². The van der Waals surface area contributed by atoms with Crippen molar-refractivity contribution in [3.63, 3.8) is 0 Å². The number of hydrogen-bond donors (Lipinski definition) is 0. The fourth-order valence-electron chi connectivity index (χ4n) is 0.881. The van der Waals surface area contributed by atoms with Crippen molar-refractivity contribution in [2.45, 2.75) is 39.9 Å². The van der Waals surface area contributed by atoms with Crippen LogP contribution in [0, 0.1) is 0 Å². The Labute approximate surface area is 95.9 Å². The topological polar surface area (TPSA) is 36.9 Å². The molecule has 0 heterocycles. The number of rotatable bonds is 6. The molecule has 0 amide bonds. The highest BCUT2D eigenvalue weighted by molar-refractivity contribution is 5.32. The molecule has 0 N–H and O–H groups in total. The van der Waals surface area contributed by atoms with Gasteiger partial charge < -0.3 is 9.78 Å². The van der Waals surface area contributed by atoms with Gasteiger partial charge in [0.15, 0.2) is 11.5 Å². The summed E-state index contributed by atoms with van der Waals surface area (Å²) in [6.07, 6.45) is 0.0213. The van der Waals surface area contributed by atoms with Crippen LogP contribution in [-0.4, -0.2) is 12.2 Å². The van der Waals surface area contributed by atoms with E-state index >= 15 is 0 Å². The van der Waals surface area contributed by atoms with Crippen LogP contribution in [0.1, 0.15) is 27.7 Å². The highest BCUT2D eigenvalue weighted by atomic mass is 17.2. The van der Waals surface area contributed by atoms with Gasteiger partial charge in [0.1, 0.15) is 0 Å². The van der Waals surface area contributed by atoms with Crippen LogP contribution in [0.4, 0.5) is 0 Å². The van der Waals surface area contributed by atoms with Gasteiger partial charge in [-0.3, -0.25) is 0 Å². The van der Waals surface area contributed by atoms with Gasteiger partial charge in [0.2, 0.25) is 0 Å². The fraction of sp³-hybridized carbons (Fsp3) is 0.500. The van der Waals surface area contributed by atoms with E-state index in [0.717, 1.165) is 0 Å². The van der Waals surface area contributed by atoms with Crippen LogP contribution in [0.25, 0.3) is 0 Å². The quantitative estimate of drug-likeness (QED) is 0.551. The molecule has 0 aliphatic carbocycles. The lowest BCUT2D eigenvalue weighted by Crippen LogP contribution is -2.07. The first-order chi connectivity index (χ1) is 7.58. The number of hydrogen-bond acceptors (Lipinski definition) is 4. The first kappa shape index (κ1) is 12.8. The van der Waals surface area contributed by atoms with Crippen molar-refractivity contribution >= 4 is 0 Å². The van der Waals surface area contributed by atoms with E-state index in [1.807, 2.05) is 27.7 Å². The molecule has 4 nitrogen and oxygen atoms in total. The fourth-order valence-corrected chi connectivity index (χ4v) is 0.881. The summed E-state index contributed by atoms with van der Waals surface area (Å²) >= 11 is 0. The van der Waals surface area contributed by atoms with Gasteiger partial charge in [-0.1, -0.05) is 6.07 Å². The van der Waals surface area contributed by atoms with Gasteiger partial charge in [-0.2, -0.15) is 9.78 Å². The Morgan fingerprint density at radius 2 is 1.25 bits per heavy atom. The number of benzene rings is 1. The summed E-state index contributed by atoms with van der Waals surface area (Å²) in [5, 5.41) is 0. The molecule has 0 saturated heterocycles. The Kier molecular flexibility index (Phi) is 5.08. The van der Waals surface area contributed by atoms with E-state index in [1.165, 1.54) is 0 Å². The maximum absolute atomic E-state index is 5.08. The molecule has 0 aliphatic heterocycles. The Morgan fingerprint density at radius 1 is 0.812 bits per heavy atom. The van der Waals surface area contributed by atoms with E-state index in [0.29, 0.717) is 11.5 Å². The molecule has 0 unspecified atom stereocenters. The second-order valence-corrected chi connectivity index (χ2v) is 3.93. The normalized spacial score (nSPS) is 10.9. The Morgan fingerprint density at radius 3 is 1.62 bits per heavy atom. The Hall–Kier alpha value is -1.26. The van der Waals surface area contributed by atoms with Gasteiger partial charge in [0.25, 0.3) is 0 Å². The summed E-state index contributed by atoms with van der Waals surface area (Å²) in [4.78, 5) is 20.2. The molecule has 1 aromatic rings. The maximum Gasteiger partial charge on any atom is 0.169 e. The van der Waals surface area contributed by atoms with Crippen molar-refractivity contribution in [2.75, 3.05) is 0 Å². The standard InChI is InChI=1S/C12H18O4/c1-9(2)13-15-11-6-5-7-12(8-11)16-14-10(3)4/h5-10H,1-4H3. The third-order valence-corrected chi connectivity index (χ3v) is 1.48. The van der Waals surface area contributed by atoms with Gasteiger partial charge in [-0.15, -0.1) is 0 Å². The van der Waals surface area contributed by atoms with Crippen LogP contribution in [0.2, 0.25) is 0 Å². The van der Waals surface area contributed by atoms with E-state index in [-0.39, 0.29) is 12.2 Å². The molecule has 90 valence electrons. The molecular weight excluding hydrogens is 208 g/mol. The predicted molar refractivity (Wildman–Crippen MR) is 60.1 cm³/mol. The Bertz CT molecular complexity index is 282. The molecule has 0 aliphatic rings. The third-order valence-electron chi connectivity index (χ3n) is 1.48. The maximum atomic E-state index is 5.08. The molecule has 1 aromatic carbocycles. The third kappa shape index (κ3) is 5.00. The summed E-state index contributed by atoms with van der Waals surface area (Å²) in [7, 11) is 0. The lowest BCUT2D eigenvalue weighted by atomic mass is 10.3. The van der Waals surface area contributed by atoms with Crippen LogP contribution < -0.4 is 9.78 Å². The summed E-state index contributed by atoms with van der Waals surface area (Å²) in [6.45, 7) is 7.56. The van der Waals surface area contributed by atoms with Crippen molar-refractivity contribution in [3.8, 4) is 11.5 Å². The summed E-state index contributed by atoms with van der Waals surface area (Å²) in [5.74, 6) is 1.16. The van der Waals surface area contributed by atoms with Crippen molar-refractivity contribution in [1.29, 1.82) is 0 Å². The first-order valence-corrected chi connectivity index (χ1v) is 5.34. The smallest absolute Gasteiger partial charge is 0.169 e. The summed E-state index contributed by atoms with van der Waals surface area (Å²) in [6, 6.07) is 7.07. The highest BCUT2D eigenvalue weighted by Gasteiger charge is 2.02. The Balaban J connectivity index is 2.50. The van der Waals surface area contributed by atoms with Gasteiger partial charge in [-0.25, -0.2) is 0 Å². The largest absolute Gasteiger partial charge is 0.337 e. The van der Waals surface area contributed by atoms with Crippen molar-refractivity contribution < 1.29 is 19.6 Å². The minimum atomic E-state index is 0.0106. The van der Waals surface area contributed by atoms with E-state index in [2.05, 4.69) is 0 Å². The molecule has 1 rings (SSSR count). The first-order valence-electron chi connectivity index (χ1n) is 5.34. The summed E-state index contributed by atoms with van der Waals surface area (Å²) < 4.78 is 0. The monoisotopic (exact) mass is 226 g/mol. The lowest BCUT2D eigenvalue weighted by Gasteiger charge is -2.10. The average Bonchev–Trinajstić information content (AvgIpc) is 2.24. The molecule has 0 saturated carbocycles. The molecule has 0 aromatic heterocycles. The molecule has 16 heavy (non-hydrogen) atoms. The molecule has 0 radical (unpaired) electrons. The molecule has 0 fully saturated rings. The minimum absolute atomic E-state index is 0.0106. The van der Waals surface area contributed by atoms with Crippen LogP contribution >= 0.6 is 0 Å². The van der Waals surface area contributed by atoms with Crippen LogP contribution in [0.5, 0.6) is 11.5 Å². The van der Waals surface area contributed by atoms with Gasteiger partial charge in [-0.05, 0) is 39.8 Å². The van der Waals surface area contributed by atoms with E-state index < -0.39 is 0 Å². The predicted octanol–water partition coefficient (Wildman–Crippen LogP) is 3.12. The molecule has 0 atom stereocenters. The minimum Gasteiger partial charge on any atom is -0.337 e. The summed E-state index contributed by atoms with van der Waals surface area (Å²) in [5.41, 5.74) is 0. The van der Waals surface area contributed by atoms with Gasteiger partial charge in [0, 0.05) is 6.07 Å². The zero-order valence-electron chi connectivity index (χ0n) is 10.1. The zero-order chi connectivity index (χ0) is 12.0. The lowest BCUT2D eigenvalue weighted by molar-refractivity contribution is -0.239. The van der Waals surface area contributed by atoms with Crippen molar-refractivity contribution in [3.05, 3.63) is 24.3 Å². The van der Waals surface area contributed by atoms with Crippen molar-refractivity contribution in [1.82, 2.24) is 0 Å². The second-order valence-electron chi connectivity index (χ2n) is 3.93. The average molecular weight is 226 g/mol. The molecular formula is C12H18O4. The van der Waals surface area contributed by atoms with Crippen LogP contribution in [0.3, 0.4) is 0 Å². The van der Waals surface area contributed by atoms with Crippen LogP contribution in [0.15, 0.2) is 24.3 Å². The second kappa shape index (κ2) is 6.35. The van der Waals surface area contributed by atoms with Crippen LogP contribution in [-0.2, 0) is 9.78 Å². The highest BCUT2D eigenvalue weighted by Crippen LogP contribution is 2.20. The molecule has 0 spiro atoms. The molecule has 0 bridgehead atoms. The van der Waals surface area contributed by atoms with E-state index in [1.54, 1.807) is 24.3 Å². The van der Waals surface area contributed by atoms with Gasteiger partial charge >= 0.3 is 0 Å². The van der Waals surface area contributed by atoms with E-state index in [4.69, 9.17) is 19.6 Å². The van der Waals surface area contributed by atoms with E-state index in [9.17, 15) is 0 Å². The molecule has 4 heteroatoms. The van der Waals surface area contributed by atoms with Crippen molar-refractivity contribution in [2.24, 2.45) is 0 Å².